The van der Waals surface area contributed by atoms with Gasteiger partial charge in [-0.05, 0) is 36.4 Å². The van der Waals surface area contributed by atoms with E-state index in [0.717, 1.165) is 12.1 Å². The first-order valence-electron chi connectivity index (χ1n) is 9.31. The molecule has 1 amide bonds. The van der Waals surface area contributed by atoms with E-state index in [1.807, 2.05) is 0 Å². The first-order chi connectivity index (χ1) is 15.2. The van der Waals surface area contributed by atoms with E-state index in [1.54, 1.807) is 10.2 Å². The summed E-state index contributed by atoms with van der Waals surface area (Å²) >= 11 is 0. The third-order valence-electron chi connectivity index (χ3n) is 4.78. The maximum Gasteiger partial charge on any atom is 0.418 e. The second-order valence-electron chi connectivity index (χ2n) is 7.08. The van der Waals surface area contributed by atoms with Gasteiger partial charge >= 0.3 is 18.5 Å². The Labute approximate surface area is 180 Å². The molecular weight excluding hydrogens is 471 g/mol. The summed E-state index contributed by atoms with van der Waals surface area (Å²) in [7, 11) is 0. The van der Waals surface area contributed by atoms with Crippen molar-refractivity contribution in [2.75, 3.05) is 36.5 Å². The zero-order valence-electron chi connectivity index (χ0n) is 16.5. The number of rotatable bonds is 3. The summed E-state index contributed by atoms with van der Waals surface area (Å²) in [6.07, 6.45) is -15.4. The van der Waals surface area contributed by atoms with Gasteiger partial charge in [0.2, 0.25) is 0 Å². The van der Waals surface area contributed by atoms with Crippen molar-refractivity contribution in [1.82, 2.24) is 0 Å². The van der Waals surface area contributed by atoms with Crippen molar-refractivity contribution < 1.29 is 49.0 Å². The lowest BCUT2D eigenvalue weighted by molar-refractivity contribution is -0.143. The second kappa shape index (κ2) is 8.76. The molecule has 0 radical (unpaired) electrons. The van der Waals surface area contributed by atoms with Gasteiger partial charge in [-0.2, -0.15) is 39.5 Å². The second-order valence-corrected chi connectivity index (χ2v) is 7.08. The van der Waals surface area contributed by atoms with Crippen LogP contribution in [0.4, 0.5) is 50.9 Å². The minimum atomic E-state index is -5.22. The minimum Gasteiger partial charge on any atom is -0.378 e. The number of hydrogen-bond acceptors (Lipinski definition) is 3. The number of nitrogens with zero attached hydrogens (tertiary/aromatic N) is 1. The predicted molar refractivity (Wildman–Crippen MR) is 98.9 cm³/mol. The van der Waals surface area contributed by atoms with E-state index >= 15 is 0 Å². The molecule has 13 heteroatoms. The van der Waals surface area contributed by atoms with Gasteiger partial charge in [0, 0.05) is 24.3 Å². The number of carbonyl (C=O) groups excluding carboxylic acids is 1. The van der Waals surface area contributed by atoms with Crippen LogP contribution in [0.1, 0.15) is 27.0 Å². The molecular formula is C20H15F9N2O2. The standard InChI is InChI=1S/C20H15F9N2O2/c21-18(22,23)12-7-11(8-13(9-12)19(24,25)26)17(32)30-16-2-1-14(10-15(16)20(27,28)29)31-3-5-33-6-4-31/h1-2,7-10H,3-6H2,(H,30,32). The number of morpholine rings is 1. The van der Waals surface area contributed by atoms with Gasteiger partial charge in [-0.1, -0.05) is 0 Å². The van der Waals surface area contributed by atoms with Crippen LogP contribution in [-0.2, 0) is 23.3 Å². The molecule has 33 heavy (non-hydrogen) atoms. The number of amides is 1. The van der Waals surface area contributed by atoms with E-state index in [1.165, 1.54) is 6.07 Å². The quantitative estimate of drug-likeness (QED) is 0.555. The van der Waals surface area contributed by atoms with E-state index in [4.69, 9.17) is 4.74 Å². The molecule has 0 unspecified atom stereocenters. The summed E-state index contributed by atoms with van der Waals surface area (Å²) in [6, 6.07) is 2.98. The fraction of sp³-hybridized carbons (Fsp3) is 0.350. The Morgan fingerprint density at radius 3 is 1.82 bits per heavy atom. The van der Waals surface area contributed by atoms with Gasteiger partial charge in [0.25, 0.3) is 5.91 Å². The lowest BCUT2D eigenvalue weighted by atomic mass is 10.0. The highest BCUT2D eigenvalue weighted by Gasteiger charge is 2.38. The van der Waals surface area contributed by atoms with Crippen molar-refractivity contribution in [3.8, 4) is 0 Å². The van der Waals surface area contributed by atoms with Crippen molar-refractivity contribution in [1.29, 1.82) is 0 Å². The average molecular weight is 486 g/mol. The summed E-state index contributed by atoms with van der Waals surface area (Å²) in [5, 5.41) is 1.78. The molecule has 1 aliphatic heterocycles. The fourth-order valence-corrected chi connectivity index (χ4v) is 3.17. The summed E-state index contributed by atoms with van der Waals surface area (Å²) < 4.78 is 124. The smallest absolute Gasteiger partial charge is 0.378 e. The lowest BCUT2D eigenvalue weighted by Gasteiger charge is -2.29. The minimum absolute atomic E-state index is 0.139. The zero-order valence-corrected chi connectivity index (χ0v) is 16.5. The molecule has 0 atom stereocenters. The molecule has 180 valence electrons. The summed E-state index contributed by atoms with van der Waals surface area (Å²) in [4.78, 5) is 14.0. The molecule has 0 bridgehead atoms. The van der Waals surface area contributed by atoms with Crippen LogP contribution in [0.2, 0.25) is 0 Å². The van der Waals surface area contributed by atoms with Crippen LogP contribution in [0, 0.1) is 0 Å². The summed E-state index contributed by atoms with van der Waals surface area (Å²) in [6.45, 7) is 1.20. The lowest BCUT2D eigenvalue weighted by Crippen LogP contribution is -2.36. The van der Waals surface area contributed by atoms with Crippen LogP contribution < -0.4 is 10.2 Å². The third-order valence-corrected chi connectivity index (χ3v) is 4.78. The normalized spacial score (nSPS) is 15.5. The van der Waals surface area contributed by atoms with Gasteiger partial charge in [0.05, 0.1) is 35.6 Å². The molecule has 1 aliphatic rings. The number of ether oxygens (including phenoxy) is 1. The average Bonchev–Trinajstić information content (AvgIpc) is 2.72. The van der Waals surface area contributed by atoms with Gasteiger partial charge < -0.3 is 15.0 Å². The van der Waals surface area contributed by atoms with Crippen LogP contribution in [0.15, 0.2) is 36.4 Å². The third kappa shape index (κ3) is 5.89. The molecule has 1 heterocycles. The Hall–Kier alpha value is -2.96. The molecule has 4 nitrogen and oxygen atoms in total. The summed E-state index contributed by atoms with van der Waals surface area (Å²) in [5.41, 5.74) is -6.56. The molecule has 1 fully saturated rings. The molecule has 0 spiro atoms. The van der Waals surface area contributed by atoms with Gasteiger partial charge in [-0.3, -0.25) is 4.79 Å². The van der Waals surface area contributed by atoms with Crippen molar-refractivity contribution in [3.63, 3.8) is 0 Å². The van der Waals surface area contributed by atoms with E-state index in [-0.39, 0.29) is 37.1 Å². The number of nitrogens with one attached hydrogen (secondary N) is 1. The molecule has 2 aromatic rings. The van der Waals surface area contributed by atoms with Crippen LogP contribution in [0.5, 0.6) is 0 Å². The SMILES string of the molecule is O=C(Nc1ccc(N2CCOCC2)cc1C(F)(F)F)c1cc(C(F)(F)F)cc(C(F)(F)F)c1. The molecule has 1 N–H and O–H groups in total. The van der Waals surface area contributed by atoms with Gasteiger partial charge in [0.1, 0.15) is 0 Å². The topological polar surface area (TPSA) is 41.6 Å². The molecule has 0 aliphatic carbocycles. The Bertz CT molecular complexity index is 991. The number of anilines is 2. The predicted octanol–water partition coefficient (Wildman–Crippen LogP) is 5.83. The molecule has 3 rings (SSSR count). The Balaban J connectivity index is 1.98. The Morgan fingerprint density at radius 2 is 1.33 bits per heavy atom. The highest BCUT2D eigenvalue weighted by atomic mass is 19.4. The monoisotopic (exact) mass is 486 g/mol. The number of carbonyl (C=O) groups is 1. The van der Waals surface area contributed by atoms with Crippen LogP contribution in [0.25, 0.3) is 0 Å². The maximum absolute atomic E-state index is 13.6. The van der Waals surface area contributed by atoms with Crippen molar-refractivity contribution in [2.45, 2.75) is 18.5 Å². The first-order valence-corrected chi connectivity index (χ1v) is 9.31. The molecule has 0 aromatic heterocycles. The molecule has 0 saturated carbocycles. The molecule has 1 saturated heterocycles. The highest BCUT2D eigenvalue weighted by molar-refractivity contribution is 6.05. The molecule has 2 aromatic carbocycles. The van der Waals surface area contributed by atoms with Crippen LogP contribution in [-0.4, -0.2) is 32.2 Å². The first kappa shape index (κ1) is 24.7. The van der Waals surface area contributed by atoms with Gasteiger partial charge in [-0.15, -0.1) is 0 Å². The number of alkyl halides is 9. The van der Waals surface area contributed by atoms with Gasteiger partial charge in [-0.25, -0.2) is 0 Å². The van der Waals surface area contributed by atoms with E-state index in [2.05, 4.69) is 0 Å². The van der Waals surface area contributed by atoms with Crippen LogP contribution >= 0.6 is 0 Å². The fourth-order valence-electron chi connectivity index (χ4n) is 3.17. The summed E-state index contributed by atoms with van der Waals surface area (Å²) in [5.74, 6) is -1.56. The van der Waals surface area contributed by atoms with Crippen molar-refractivity contribution >= 4 is 17.3 Å². The number of halogens is 9. The largest absolute Gasteiger partial charge is 0.418 e. The van der Waals surface area contributed by atoms with E-state index < -0.39 is 52.4 Å². The Morgan fingerprint density at radius 1 is 0.788 bits per heavy atom. The van der Waals surface area contributed by atoms with E-state index in [0.29, 0.717) is 13.1 Å². The van der Waals surface area contributed by atoms with E-state index in [9.17, 15) is 44.3 Å². The Kier molecular flexibility index (Phi) is 6.55. The number of hydrogen-bond donors (Lipinski definition) is 1. The van der Waals surface area contributed by atoms with Crippen molar-refractivity contribution in [2.24, 2.45) is 0 Å². The van der Waals surface area contributed by atoms with Crippen LogP contribution in [0.3, 0.4) is 0 Å². The van der Waals surface area contributed by atoms with Gasteiger partial charge in [0.15, 0.2) is 0 Å². The zero-order chi connectivity index (χ0) is 24.6. The van der Waals surface area contributed by atoms with Crippen molar-refractivity contribution in [3.05, 3.63) is 58.7 Å². The maximum atomic E-state index is 13.6. The number of benzene rings is 2. The highest BCUT2D eigenvalue weighted by Crippen LogP contribution is 2.39.